The quantitative estimate of drug-likeness (QED) is 0.354. The Morgan fingerprint density at radius 1 is 0.821 bits per heavy atom. The van der Waals surface area contributed by atoms with Crippen LogP contribution in [0.1, 0.15) is 26.3 Å². The molecule has 2 aromatic heterocycles. The number of carbonyl (C=O) groups is 2. The summed E-state index contributed by atoms with van der Waals surface area (Å²) in [5.74, 6) is -0.316. The van der Waals surface area contributed by atoms with Crippen LogP contribution in [0.25, 0.3) is 32.9 Å². The molecule has 6 rings (SSSR count). The van der Waals surface area contributed by atoms with Crippen molar-refractivity contribution in [3.63, 3.8) is 0 Å². The minimum atomic E-state index is -0.844. The lowest BCUT2D eigenvalue weighted by atomic mass is 10.0. The SMILES string of the molecule is COc1ccc2c3c(n(NC(=O)c4c[nH]c5c(OC)cccc5c4=O)c(=O)c2c1OC)-c1ccccc1C3=O. The molecule has 1 amide bonds. The third kappa shape index (κ3) is 3.35. The summed E-state index contributed by atoms with van der Waals surface area (Å²) in [6.45, 7) is 0. The summed E-state index contributed by atoms with van der Waals surface area (Å²) in [5, 5.41) is 0.647. The van der Waals surface area contributed by atoms with Crippen molar-refractivity contribution >= 4 is 33.4 Å². The Labute approximate surface area is 220 Å². The van der Waals surface area contributed by atoms with Gasteiger partial charge in [0.15, 0.2) is 17.3 Å². The molecule has 0 fully saturated rings. The van der Waals surface area contributed by atoms with Crippen LogP contribution in [-0.2, 0) is 0 Å². The molecule has 0 saturated heterocycles. The summed E-state index contributed by atoms with van der Waals surface area (Å²) in [4.78, 5) is 57.3. The number of ketones is 1. The van der Waals surface area contributed by atoms with Crippen LogP contribution in [0.5, 0.6) is 17.2 Å². The van der Waals surface area contributed by atoms with Crippen molar-refractivity contribution in [2.45, 2.75) is 0 Å². The van der Waals surface area contributed by atoms with Crippen LogP contribution in [-0.4, -0.2) is 42.7 Å². The topological polar surface area (TPSA) is 129 Å². The second kappa shape index (κ2) is 8.88. The van der Waals surface area contributed by atoms with Crippen molar-refractivity contribution < 1.29 is 23.8 Å². The molecule has 194 valence electrons. The number of aromatic nitrogens is 2. The van der Waals surface area contributed by atoms with Gasteiger partial charge in [0.05, 0.1) is 48.9 Å². The number of amides is 1. The Kier molecular flexibility index (Phi) is 5.46. The molecule has 0 spiro atoms. The smallest absolute Gasteiger partial charge is 0.281 e. The van der Waals surface area contributed by atoms with Gasteiger partial charge in [-0.25, -0.2) is 4.68 Å². The fraction of sp³-hybridized carbons (Fsp3) is 0.103. The van der Waals surface area contributed by atoms with E-state index in [9.17, 15) is 19.2 Å². The van der Waals surface area contributed by atoms with Crippen molar-refractivity contribution in [3.8, 4) is 28.5 Å². The number of H-pyrrole nitrogens is 1. The summed E-state index contributed by atoms with van der Waals surface area (Å²) >= 11 is 0. The molecule has 1 aliphatic rings. The van der Waals surface area contributed by atoms with Gasteiger partial charge in [-0.3, -0.25) is 24.6 Å². The predicted octanol–water partition coefficient (Wildman–Crippen LogP) is 3.46. The van der Waals surface area contributed by atoms with E-state index >= 15 is 0 Å². The van der Waals surface area contributed by atoms with Gasteiger partial charge in [0, 0.05) is 22.7 Å². The number of hydrogen-bond acceptors (Lipinski definition) is 7. The minimum Gasteiger partial charge on any atom is -0.495 e. The number of hydrogen-bond donors (Lipinski definition) is 2. The van der Waals surface area contributed by atoms with Gasteiger partial charge in [0.2, 0.25) is 5.43 Å². The first kappa shape index (κ1) is 24.0. The molecule has 0 unspecified atom stereocenters. The van der Waals surface area contributed by atoms with Gasteiger partial charge < -0.3 is 19.2 Å². The molecule has 0 bridgehead atoms. The number of benzene rings is 3. The molecule has 10 heteroatoms. The molecule has 2 N–H and O–H groups in total. The van der Waals surface area contributed by atoms with Crippen LogP contribution in [0, 0.1) is 0 Å². The Bertz CT molecular complexity index is 1990. The van der Waals surface area contributed by atoms with Crippen molar-refractivity contribution in [2.75, 3.05) is 26.8 Å². The second-order valence-corrected chi connectivity index (χ2v) is 8.82. The van der Waals surface area contributed by atoms with Crippen LogP contribution in [0.4, 0.5) is 0 Å². The molecule has 5 aromatic rings. The summed E-state index contributed by atoms with van der Waals surface area (Å²) in [6, 6.07) is 14.9. The molecule has 39 heavy (non-hydrogen) atoms. The highest BCUT2D eigenvalue weighted by atomic mass is 16.5. The summed E-state index contributed by atoms with van der Waals surface area (Å²) in [6.07, 6.45) is 1.26. The lowest BCUT2D eigenvalue weighted by molar-refractivity contribution is 0.100. The van der Waals surface area contributed by atoms with E-state index in [1.165, 1.54) is 27.5 Å². The number of nitrogens with one attached hydrogen (secondary N) is 2. The maximum absolute atomic E-state index is 14.0. The highest BCUT2D eigenvalue weighted by molar-refractivity contribution is 6.27. The zero-order valence-corrected chi connectivity index (χ0v) is 21.1. The maximum Gasteiger partial charge on any atom is 0.281 e. The number of carbonyl (C=O) groups excluding carboxylic acids is 2. The first-order valence-electron chi connectivity index (χ1n) is 11.9. The molecule has 1 aliphatic carbocycles. The number of aromatic amines is 1. The Hall–Kier alpha value is -5.38. The van der Waals surface area contributed by atoms with E-state index in [2.05, 4.69) is 10.4 Å². The van der Waals surface area contributed by atoms with E-state index in [0.29, 0.717) is 27.8 Å². The van der Waals surface area contributed by atoms with Gasteiger partial charge in [-0.1, -0.05) is 30.3 Å². The molecule has 0 saturated carbocycles. The first-order chi connectivity index (χ1) is 18.9. The van der Waals surface area contributed by atoms with Crippen LogP contribution >= 0.6 is 0 Å². The normalized spacial score (nSPS) is 11.8. The molecule has 2 heterocycles. The fourth-order valence-electron chi connectivity index (χ4n) is 5.14. The number of rotatable bonds is 5. The van der Waals surface area contributed by atoms with Gasteiger partial charge in [0.1, 0.15) is 11.3 Å². The Morgan fingerprint density at radius 2 is 1.56 bits per heavy atom. The average Bonchev–Trinajstić information content (AvgIpc) is 3.26. The lowest BCUT2D eigenvalue weighted by Crippen LogP contribution is -2.37. The molecule has 3 aromatic carbocycles. The van der Waals surface area contributed by atoms with E-state index in [-0.39, 0.29) is 44.9 Å². The Morgan fingerprint density at radius 3 is 2.28 bits per heavy atom. The van der Waals surface area contributed by atoms with Gasteiger partial charge in [-0.15, -0.1) is 0 Å². The van der Waals surface area contributed by atoms with Crippen LogP contribution in [0.15, 0.2) is 70.4 Å². The van der Waals surface area contributed by atoms with Crippen molar-refractivity contribution in [1.82, 2.24) is 9.66 Å². The third-order valence-corrected chi connectivity index (χ3v) is 6.90. The van der Waals surface area contributed by atoms with Gasteiger partial charge in [-0.05, 0) is 24.3 Å². The molecule has 0 radical (unpaired) electrons. The van der Waals surface area contributed by atoms with Crippen molar-refractivity contribution in [1.29, 1.82) is 0 Å². The summed E-state index contributed by atoms with van der Waals surface area (Å²) in [7, 11) is 4.29. The standard InChI is InChI=1S/C29H21N3O7/c1-37-19-10-6-9-17-23(19)30-13-18(25(17)33)28(35)31-32-24-14-7-4-5-8-15(14)26(34)21(24)16-11-12-20(38-2)27(39-3)22(16)29(32)36/h4-13H,1-3H3,(H,30,33)(H,31,35). The van der Waals surface area contributed by atoms with Crippen LogP contribution < -0.4 is 30.6 Å². The molecule has 0 aliphatic heterocycles. The van der Waals surface area contributed by atoms with E-state index in [4.69, 9.17) is 14.2 Å². The van der Waals surface area contributed by atoms with Gasteiger partial charge in [0.25, 0.3) is 11.5 Å². The number of pyridine rings is 2. The molecular formula is C29H21N3O7. The average molecular weight is 524 g/mol. The number of nitrogens with zero attached hydrogens (tertiary/aromatic N) is 1. The lowest BCUT2D eigenvalue weighted by Gasteiger charge is -2.18. The highest BCUT2D eigenvalue weighted by Gasteiger charge is 2.34. The highest BCUT2D eigenvalue weighted by Crippen LogP contribution is 2.42. The number of ether oxygens (including phenoxy) is 3. The van der Waals surface area contributed by atoms with Crippen LogP contribution in [0.3, 0.4) is 0 Å². The fourth-order valence-corrected chi connectivity index (χ4v) is 5.14. The molecular weight excluding hydrogens is 502 g/mol. The monoisotopic (exact) mass is 523 g/mol. The zero-order valence-electron chi connectivity index (χ0n) is 21.1. The molecule has 10 nitrogen and oxygen atoms in total. The largest absolute Gasteiger partial charge is 0.495 e. The van der Waals surface area contributed by atoms with Crippen molar-refractivity contribution in [3.05, 3.63) is 98.1 Å². The van der Waals surface area contributed by atoms with E-state index in [1.807, 2.05) is 0 Å². The van der Waals surface area contributed by atoms with Gasteiger partial charge in [-0.2, -0.15) is 0 Å². The zero-order chi connectivity index (χ0) is 27.4. The van der Waals surface area contributed by atoms with E-state index in [0.717, 1.165) is 4.68 Å². The van der Waals surface area contributed by atoms with Crippen molar-refractivity contribution in [2.24, 2.45) is 0 Å². The van der Waals surface area contributed by atoms with E-state index < -0.39 is 16.9 Å². The van der Waals surface area contributed by atoms with Crippen LogP contribution in [0.2, 0.25) is 0 Å². The number of methoxy groups -OCH3 is 3. The second-order valence-electron chi connectivity index (χ2n) is 8.82. The first-order valence-corrected chi connectivity index (χ1v) is 11.9. The summed E-state index contributed by atoms with van der Waals surface area (Å²) in [5.41, 5.74) is 2.86. The predicted molar refractivity (Wildman–Crippen MR) is 145 cm³/mol. The maximum atomic E-state index is 14.0. The summed E-state index contributed by atoms with van der Waals surface area (Å²) < 4.78 is 17.2. The Balaban J connectivity index is 1.62. The molecule has 0 atom stereocenters. The number of para-hydroxylation sites is 1. The van der Waals surface area contributed by atoms with Gasteiger partial charge >= 0.3 is 0 Å². The van der Waals surface area contributed by atoms with E-state index in [1.54, 1.807) is 54.6 Å². The number of fused-ring (bicyclic) bond motifs is 6. The minimum absolute atomic E-state index is 0.0502. The third-order valence-electron chi connectivity index (χ3n) is 6.90.